The van der Waals surface area contributed by atoms with E-state index in [1.807, 2.05) is 6.07 Å². The SMILES string of the molecule is CC1CCN(C(C)CNC(=O)CCn2nnc3ccccc3c2=O)CC1. The third-order valence-electron chi connectivity index (χ3n) is 5.22. The van der Waals surface area contributed by atoms with Crippen LogP contribution in [-0.2, 0) is 11.3 Å². The number of carbonyl (C=O) groups is 1. The molecule has 7 nitrogen and oxygen atoms in total. The van der Waals surface area contributed by atoms with E-state index in [9.17, 15) is 9.59 Å². The number of fused-ring (bicyclic) bond motifs is 1. The lowest BCUT2D eigenvalue weighted by Crippen LogP contribution is -2.45. The second kappa shape index (κ2) is 8.40. The first-order valence-electron chi connectivity index (χ1n) is 9.38. The van der Waals surface area contributed by atoms with Gasteiger partial charge in [-0.1, -0.05) is 24.3 Å². The standard InChI is InChI=1S/C19H27N5O2/c1-14-7-10-23(11-8-14)15(2)13-20-18(25)9-12-24-19(26)16-5-3-4-6-17(16)21-22-24/h3-6,14-15H,7-13H2,1-2H3,(H,20,25). The number of amides is 1. The number of nitrogens with zero attached hydrogens (tertiary/aromatic N) is 4. The van der Waals surface area contributed by atoms with Crippen molar-refractivity contribution in [1.29, 1.82) is 0 Å². The molecule has 1 atom stereocenters. The van der Waals surface area contributed by atoms with Crippen LogP contribution in [0.3, 0.4) is 0 Å². The molecule has 0 bridgehead atoms. The Morgan fingerprint density at radius 1 is 1.31 bits per heavy atom. The van der Waals surface area contributed by atoms with Gasteiger partial charge in [0, 0.05) is 19.0 Å². The van der Waals surface area contributed by atoms with Gasteiger partial charge in [0.1, 0.15) is 5.52 Å². The Morgan fingerprint density at radius 2 is 2.04 bits per heavy atom. The maximum absolute atomic E-state index is 12.4. The van der Waals surface area contributed by atoms with Gasteiger partial charge >= 0.3 is 0 Å². The Labute approximate surface area is 153 Å². The van der Waals surface area contributed by atoms with Crippen molar-refractivity contribution in [3.8, 4) is 0 Å². The van der Waals surface area contributed by atoms with E-state index in [4.69, 9.17) is 0 Å². The van der Waals surface area contributed by atoms with Crippen LogP contribution < -0.4 is 10.9 Å². The summed E-state index contributed by atoms with van der Waals surface area (Å²) in [6.45, 7) is 7.50. The third-order valence-corrected chi connectivity index (χ3v) is 5.22. The van der Waals surface area contributed by atoms with E-state index >= 15 is 0 Å². The Hall–Kier alpha value is -2.28. The minimum absolute atomic E-state index is 0.0657. The summed E-state index contributed by atoms with van der Waals surface area (Å²) in [6, 6.07) is 7.42. The molecule has 26 heavy (non-hydrogen) atoms. The van der Waals surface area contributed by atoms with Crippen LogP contribution in [0.1, 0.15) is 33.1 Å². The van der Waals surface area contributed by atoms with Gasteiger partial charge in [-0.3, -0.25) is 14.5 Å². The van der Waals surface area contributed by atoms with Crippen LogP contribution in [0.5, 0.6) is 0 Å². The molecular formula is C19H27N5O2. The molecule has 0 radical (unpaired) electrons. The van der Waals surface area contributed by atoms with Gasteiger partial charge in [-0.25, -0.2) is 4.68 Å². The Bertz CT molecular complexity index is 811. The largest absolute Gasteiger partial charge is 0.354 e. The van der Waals surface area contributed by atoms with Crippen LogP contribution >= 0.6 is 0 Å². The van der Waals surface area contributed by atoms with E-state index in [0.717, 1.165) is 19.0 Å². The fourth-order valence-electron chi connectivity index (χ4n) is 3.33. The topological polar surface area (TPSA) is 80.1 Å². The predicted octanol–water partition coefficient (Wildman–Crippen LogP) is 1.42. The molecular weight excluding hydrogens is 330 g/mol. The molecule has 140 valence electrons. The molecule has 1 aromatic carbocycles. The smallest absolute Gasteiger partial charge is 0.277 e. The highest BCUT2D eigenvalue weighted by Gasteiger charge is 2.20. The first-order valence-corrected chi connectivity index (χ1v) is 9.38. The molecule has 2 heterocycles. The average Bonchev–Trinajstić information content (AvgIpc) is 2.66. The van der Waals surface area contributed by atoms with Crippen molar-refractivity contribution < 1.29 is 4.79 Å². The molecule has 1 unspecified atom stereocenters. The fourth-order valence-corrected chi connectivity index (χ4v) is 3.33. The quantitative estimate of drug-likeness (QED) is 0.846. The summed E-state index contributed by atoms with van der Waals surface area (Å²) in [5.74, 6) is 0.735. The second-order valence-electron chi connectivity index (χ2n) is 7.26. The normalized spacial score (nSPS) is 17.3. The highest BCUT2D eigenvalue weighted by molar-refractivity contribution is 5.77. The lowest BCUT2D eigenvalue weighted by molar-refractivity contribution is -0.121. The van der Waals surface area contributed by atoms with Crippen LogP contribution in [0.2, 0.25) is 0 Å². The molecule has 0 saturated carbocycles. The molecule has 1 N–H and O–H groups in total. The lowest BCUT2D eigenvalue weighted by atomic mass is 9.98. The first-order chi connectivity index (χ1) is 12.5. The molecule has 1 amide bonds. The number of likely N-dealkylation sites (tertiary alicyclic amines) is 1. The summed E-state index contributed by atoms with van der Waals surface area (Å²) in [5, 5.41) is 11.5. The summed E-state index contributed by atoms with van der Waals surface area (Å²) >= 11 is 0. The summed E-state index contributed by atoms with van der Waals surface area (Å²) in [5.41, 5.74) is 0.363. The third kappa shape index (κ3) is 4.46. The van der Waals surface area contributed by atoms with Gasteiger partial charge in [-0.05, 0) is 50.9 Å². The predicted molar refractivity (Wildman–Crippen MR) is 101 cm³/mol. The maximum Gasteiger partial charge on any atom is 0.277 e. The van der Waals surface area contributed by atoms with E-state index in [2.05, 4.69) is 34.4 Å². The maximum atomic E-state index is 12.4. The second-order valence-corrected chi connectivity index (χ2v) is 7.26. The molecule has 1 aliphatic rings. The molecule has 7 heteroatoms. The summed E-state index contributed by atoms with van der Waals surface area (Å²) in [4.78, 5) is 26.9. The monoisotopic (exact) mass is 357 g/mol. The van der Waals surface area contributed by atoms with Crippen molar-refractivity contribution in [3.05, 3.63) is 34.6 Å². The van der Waals surface area contributed by atoms with Crippen LogP contribution in [0.15, 0.2) is 29.1 Å². The number of piperidine rings is 1. The van der Waals surface area contributed by atoms with Crippen molar-refractivity contribution >= 4 is 16.8 Å². The summed E-state index contributed by atoms with van der Waals surface area (Å²) < 4.78 is 1.26. The number of benzene rings is 1. The van der Waals surface area contributed by atoms with Gasteiger partial charge in [0.2, 0.25) is 5.91 Å². The average molecular weight is 357 g/mol. The Morgan fingerprint density at radius 3 is 2.81 bits per heavy atom. The first kappa shape index (κ1) is 18.5. The highest BCUT2D eigenvalue weighted by Crippen LogP contribution is 2.17. The van der Waals surface area contributed by atoms with Gasteiger partial charge in [-0.2, -0.15) is 0 Å². The van der Waals surface area contributed by atoms with Gasteiger partial charge in [0.25, 0.3) is 5.56 Å². The molecule has 0 spiro atoms. The van der Waals surface area contributed by atoms with Gasteiger partial charge < -0.3 is 5.32 Å². The van der Waals surface area contributed by atoms with Crippen LogP contribution in [0.25, 0.3) is 10.9 Å². The number of aromatic nitrogens is 3. The molecule has 2 aromatic rings. The Kier molecular flexibility index (Phi) is 5.98. The van der Waals surface area contributed by atoms with Gasteiger partial charge in [0.15, 0.2) is 0 Å². The molecule has 3 rings (SSSR count). The van der Waals surface area contributed by atoms with Gasteiger partial charge in [-0.15, -0.1) is 5.10 Å². The van der Waals surface area contributed by atoms with E-state index in [1.165, 1.54) is 17.5 Å². The van der Waals surface area contributed by atoms with E-state index in [-0.39, 0.29) is 24.4 Å². The molecule has 1 fully saturated rings. The van der Waals surface area contributed by atoms with E-state index < -0.39 is 0 Å². The van der Waals surface area contributed by atoms with Crippen LogP contribution in [0, 0.1) is 5.92 Å². The summed E-state index contributed by atoms with van der Waals surface area (Å²) in [7, 11) is 0. The van der Waals surface area contributed by atoms with Crippen molar-refractivity contribution in [2.75, 3.05) is 19.6 Å². The number of rotatable bonds is 6. The number of carbonyl (C=O) groups excluding carboxylic acids is 1. The van der Waals surface area contributed by atoms with E-state index in [0.29, 0.717) is 23.5 Å². The lowest BCUT2D eigenvalue weighted by Gasteiger charge is -2.35. The fraction of sp³-hybridized carbons (Fsp3) is 0.579. The van der Waals surface area contributed by atoms with E-state index in [1.54, 1.807) is 18.2 Å². The van der Waals surface area contributed by atoms with Crippen LogP contribution in [0.4, 0.5) is 0 Å². The minimum Gasteiger partial charge on any atom is -0.354 e. The highest BCUT2D eigenvalue weighted by atomic mass is 16.2. The minimum atomic E-state index is -0.209. The number of hydrogen-bond acceptors (Lipinski definition) is 5. The van der Waals surface area contributed by atoms with Crippen molar-refractivity contribution in [2.24, 2.45) is 5.92 Å². The van der Waals surface area contributed by atoms with Crippen molar-refractivity contribution in [1.82, 2.24) is 25.2 Å². The zero-order chi connectivity index (χ0) is 18.5. The number of aryl methyl sites for hydroxylation is 1. The van der Waals surface area contributed by atoms with Crippen LogP contribution in [-0.4, -0.2) is 51.5 Å². The van der Waals surface area contributed by atoms with Crippen molar-refractivity contribution in [2.45, 2.75) is 45.7 Å². The summed E-state index contributed by atoms with van der Waals surface area (Å²) in [6.07, 6.45) is 2.67. The number of nitrogens with one attached hydrogen (secondary N) is 1. The Balaban J connectivity index is 1.48. The van der Waals surface area contributed by atoms with Crippen molar-refractivity contribution in [3.63, 3.8) is 0 Å². The zero-order valence-electron chi connectivity index (χ0n) is 15.5. The molecule has 1 saturated heterocycles. The molecule has 1 aromatic heterocycles. The zero-order valence-corrected chi connectivity index (χ0v) is 15.5. The molecule has 0 aliphatic carbocycles. The molecule has 1 aliphatic heterocycles. The number of hydrogen-bond donors (Lipinski definition) is 1. The van der Waals surface area contributed by atoms with Gasteiger partial charge in [0.05, 0.1) is 11.9 Å².